The second-order valence-electron chi connectivity index (χ2n) is 5.63. The summed E-state index contributed by atoms with van der Waals surface area (Å²) in [6.45, 7) is 0.547. The summed E-state index contributed by atoms with van der Waals surface area (Å²) in [6.07, 6.45) is 7.67. The highest BCUT2D eigenvalue weighted by Gasteiger charge is 2.38. The number of rotatable bonds is 3. The highest BCUT2D eigenvalue weighted by atomic mass is 16.5. The first-order valence-corrected chi connectivity index (χ1v) is 7.53. The number of aromatic amines is 1. The number of carbonyl (C=O) groups excluding carboxylic acids is 1. The van der Waals surface area contributed by atoms with Crippen LogP contribution < -0.4 is 0 Å². The Balaban J connectivity index is 1.71. The topological polar surface area (TPSA) is 75.5 Å². The highest BCUT2D eigenvalue weighted by Crippen LogP contribution is 2.33. The summed E-state index contributed by atoms with van der Waals surface area (Å²) in [5, 5.41) is 4.25. The van der Waals surface area contributed by atoms with Crippen molar-refractivity contribution in [1.29, 1.82) is 0 Å². The molecule has 4 rings (SSSR count). The largest absolute Gasteiger partial charge is 0.380 e. The molecule has 3 aromatic heterocycles. The molecule has 0 aromatic carbocycles. The van der Waals surface area contributed by atoms with Gasteiger partial charge in [0.2, 0.25) is 0 Å². The van der Waals surface area contributed by atoms with E-state index >= 15 is 0 Å². The molecule has 1 aliphatic heterocycles. The van der Waals surface area contributed by atoms with E-state index in [9.17, 15) is 4.79 Å². The normalized spacial score (nSPS) is 21.2. The number of fused-ring (bicyclic) bond motifs is 1. The molecule has 0 bridgehead atoms. The highest BCUT2D eigenvalue weighted by molar-refractivity contribution is 6.00. The molecule has 7 heteroatoms. The Bertz CT molecular complexity index is 826. The van der Waals surface area contributed by atoms with Crippen LogP contribution in [0.3, 0.4) is 0 Å². The smallest absolute Gasteiger partial charge is 0.258 e. The molecule has 0 aliphatic carbocycles. The first-order valence-electron chi connectivity index (χ1n) is 7.53. The summed E-state index contributed by atoms with van der Waals surface area (Å²) in [4.78, 5) is 22.3. The van der Waals surface area contributed by atoms with Crippen molar-refractivity contribution in [2.45, 2.75) is 18.6 Å². The van der Waals surface area contributed by atoms with E-state index < -0.39 is 0 Å². The van der Waals surface area contributed by atoms with Gasteiger partial charge in [-0.15, -0.1) is 0 Å². The maximum absolute atomic E-state index is 13.1. The van der Waals surface area contributed by atoms with Crippen LogP contribution in [0, 0.1) is 0 Å². The van der Waals surface area contributed by atoms with Crippen LogP contribution in [0.15, 0.2) is 43.0 Å². The van der Waals surface area contributed by atoms with Crippen LogP contribution in [-0.2, 0) is 4.74 Å². The maximum Gasteiger partial charge on any atom is 0.258 e. The lowest BCUT2D eigenvalue weighted by atomic mass is 10.1. The number of likely N-dealkylation sites (tertiary alicyclic amines) is 1. The molecule has 4 heterocycles. The molecule has 1 amide bonds. The molecule has 1 saturated heterocycles. The van der Waals surface area contributed by atoms with Gasteiger partial charge in [0.1, 0.15) is 5.82 Å². The Morgan fingerprint density at radius 2 is 2.35 bits per heavy atom. The minimum atomic E-state index is -0.110. The Labute approximate surface area is 132 Å². The van der Waals surface area contributed by atoms with Crippen LogP contribution in [0.2, 0.25) is 0 Å². The van der Waals surface area contributed by atoms with E-state index in [4.69, 9.17) is 4.74 Å². The number of carbonyl (C=O) groups is 1. The van der Waals surface area contributed by atoms with E-state index in [0.717, 1.165) is 17.8 Å². The van der Waals surface area contributed by atoms with Crippen LogP contribution in [0.5, 0.6) is 0 Å². The second kappa shape index (κ2) is 5.51. The SMILES string of the molecule is CO[C@@H]1CC(c2ncc[nH]2)N(C(=O)c2cnn3ccccc23)C1. The van der Waals surface area contributed by atoms with Crippen molar-refractivity contribution in [3.63, 3.8) is 0 Å². The van der Waals surface area contributed by atoms with Gasteiger partial charge in [0.05, 0.1) is 29.4 Å². The Kier molecular flexibility index (Phi) is 3.34. The van der Waals surface area contributed by atoms with E-state index in [1.54, 1.807) is 30.2 Å². The Hall–Kier alpha value is -2.67. The number of aromatic nitrogens is 4. The number of H-pyrrole nitrogens is 1. The quantitative estimate of drug-likeness (QED) is 0.798. The minimum Gasteiger partial charge on any atom is -0.380 e. The number of hydrogen-bond donors (Lipinski definition) is 1. The molecular formula is C16H17N5O2. The fraction of sp³-hybridized carbons (Fsp3) is 0.312. The van der Waals surface area contributed by atoms with Gasteiger partial charge < -0.3 is 14.6 Å². The van der Waals surface area contributed by atoms with Crippen LogP contribution in [0.25, 0.3) is 5.52 Å². The van der Waals surface area contributed by atoms with Gasteiger partial charge in [-0.3, -0.25) is 4.79 Å². The summed E-state index contributed by atoms with van der Waals surface area (Å²) in [5.41, 5.74) is 1.40. The Morgan fingerprint density at radius 1 is 1.43 bits per heavy atom. The fourth-order valence-corrected chi connectivity index (χ4v) is 3.17. The van der Waals surface area contributed by atoms with Crippen molar-refractivity contribution in [3.8, 4) is 0 Å². The minimum absolute atomic E-state index is 0.0101. The van der Waals surface area contributed by atoms with E-state index in [1.165, 1.54) is 0 Å². The summed E-state index contributed by atoms with van der Waals surface area (Å²) >= 11 is 0. The molecule has 23 heavy (non-hydrogen) atoms. The molecule has 1 N–H and O–H groups in total. The van der Waals surface area contributed by atoms with Crippen molar-refractivity contribution >= 4 is 11.4 Å². The molecule has 0 radical (unpaired) electrons. The molecule has 1 fully saturated rings. The van der Waals surface area contributed by atoms with Crippen LogP contribution >= 0.6 is 0 Å². The average Bonchev–Trinajstić information content (AvgIpc) is 3.31. The number of methoxy groups -OCH3 is 1. The van der Waals surface area contributed by atoms with E-state index in [-0.39, 0.29) is 18.1 Å². The van der Waals surface area contributed by atoms with Crippen molar-refractivity contribution in [2.75, 3.05) is 13.7 Å². The lowest BCUT2D eigenvalue weighted by Crippen LogP contribution is -2.32. The monoisotopic (exact) mass is 311 g/mol. The Morgan fingerprint density at radius 3 is 3.13 bits per heavy atom. The third-order valence-corrected chi connectivity index (χ3v) is 4.35. The number of ether oxygens (including phenoxy) is 1. The van der Waals surface area contributed by atoms with Crippen molar-refractivity contribution in [1.82, 2.24) is 24.5 Å². The molecule has 1 unspecified atom stereocenters. The molecule has 7 nitrogen and oxygen atoms in total. The van der Waals surface area contributed by atoms with Crippen molar-refractivity contribution in [3.05, 3.63) is 54.4 Å². The third kappa shape index (κ3) is 2.29. The van der Waals surface area contributed by atoms with Gasteiger partial charge in [0.25, 0.3) is 5.91 Å². The van der Waals surface area contributed by atoms with E-state index in [1.807, 2.05) is 29.3 Å². The first-order chi connectivity index (χ1) is 11.3. The zero-order valence-electron chi connectivity index (χ0n) is 12.7. The second-order valence-corrected chi connectivity index (χ2v) is 5.63. The molecule has 118 valence electrons. The third-order valence-electron chi connectivity index (χ3n) is 4.35. The lowest BCUT2D eigenvalue weighted by molar-refractivity contribution is 0.0686. The first kappa shape index (κ1) is 14.0. The molecule has 0 spiro atoms. The summed E-state index contributed by atoms with van der Waals surface area (Å²) < 4.78 is 7.18. The predicted octanol–water partition coefficient (Wildman–Crippen LogP) is 1.66. The number of amides is 1. The molecule has 3 aromatic rings. The fourth-order valence-electron chi connectivity index (χ4n) is 3.17. The number of pyridine rings is 1. The molecule has 2 atom stereocenters. The van der Waals surface area contributed by atoms with Crippen LogP contribution in [0.4, 0.5) is 0 Å². The van der Waals surface area contributed by atoms with Gasteiger partial charge in [-0.25, -0.2) is 9.50 Å². The van der Waals surface area contributed by atoms with Gasteiger partial charge >= 0.3 is 0 Å². The number of hydrogen-bond acceptors (Lipinski definition) is 4. The predicted molar refractivity (Wildman–Crippen MR) is 83.0 cm³/mol. The van der Waals surface area contributed by atoms with Gasteiger partial charge in [-0.05, 0) is 12.1 Å². The zero-order chi connectivity index (χ0) is 15.8. The van der Waals surface area contributed by atoms with Crippen LogP contribution in [-0.4, -0.2) is 50.1 Å². The molecule has 1 aliphatic rings. The van der Waals surface area contributed by atoms with Crippen molar-refractivity contribution < 1.29 is 9.53 Å². The zero-order valence-corrected chi connectivity index (χ0v) is 12.7. The van der Waals surface area contributed by atoms with Crippen molar-refractivity contribution in [2.24, 2.45) is 0 Å². The van der Waals surface area contributed by atoms with Gasteiger partial charge in [0.15, 0.2) is 0 Å². The number of imidazole rings is 1. The van der Waals surface area contributed by atoms with Crippen LogP contribution in [0.1, 0.15) is 28.6 Å². The average molecular weight is 311 g/mol. The number of nitrogens with zero attached hydrogens (tertiary/aromatic N) is 4. The molecular weight excluding hydrogens is 294 g/mol. The summed E-state index contributed by atoms with van der Waals surface area (Å²) in [6, 6.07) is 5.57. The van der Waals surface area contributed by atoms with E-state index in [2.05, 4.69) is 15.1 Å². The molecule has 0 saturated carbocycles. The number of nitrogens with one attached hydrogen (secondary N) is 1. The standard InChI is InChI=1S/C16H17N5O2/c1-23-11-8-14(15-17-5-6-18-15)20(10-11)16(22)12-9-19-21-7-3-2-4-13(12)21/h2-7,9,11,14H,8,10H2,1H3,(H,17,18)/t11-,14?/m1/s1. The maximum atomic E-state index is 13.1. The van der Waals surface area contributed by atoms with Gasteiger partial charge in [-0.1, -0.05) is 6.07 Å². The summed E-state index contributed by atoms with van der Waals surface area (Å²) in [5.74, 6) is 0.738. The summed E-state index contributed by atoms with van der Waals surface area (Å²) in [7, 11) is 1.67. The van der Waals surface area contributed by atoms with Gasteiger partial charge in [-0.2, -0.15) is 5.10 Å². The van der Waals surface area contributed by atoms with Gasteiger partial charge in [0, 0.05) is 38.7 Å². The lowest BCUT2D eigenvalue weighted by Gasteiger charge is -2.22. The van der Waals surface area contributed by atoms with E-state index in [0.29, 0.717) is 12.1 Å².